The fourth-order valence-corrected chi connectivity index (χ4v) is 3.36. The van der Waals surface area contributed by atoms with Crippen molar-refractivity contribution in [3.8, 4) is 17.1 Å². The van der Waals surface area contributed by atoms with E-state index in [-0.39, 0.29) is 28.2 Å². The molecule has 0 aliphatic rings. The lowest BCUT2D eigenvalue weighted by Crippen LogP contribution is -2.15. The number of amides is 1. The molecule has 4 aromatic rings. The molecule has 0 saturated heterocycles. The van der Waals surface area contributed by atoms with Crippen LogP contribution in [-0.4, -0.2) is 23.2 Å². The van der Waals surface area contributed by atoms with E-state index in [2.05, 4.69) is 5.32 Å². The van der Waals surface area contributed by atoms with Crippen molar-refractivity contribution in [2.45, 2.75) is 13.8 Å². The van der Waals surface area contributed by atoms with Crippen molar-refractivity contribution in [2.75, 3.05) is 12.4 Å². The van der Waals surface area contributed by atoms with Gasteiger partial charge in [-0.3, -0.25) is 9.59 Å². The van der Waals surface area contributed by atoms with E-state index in [4.69, 9.17) is 9.15 Å². The van der Waals surface area contributed by atoms with Crippen molar-refractivity contribution in [3.63, 3.8) is 0 Å². The summed E-state index contributed by atoms with van der Waals surface area (Å²) in [4.78, 5) is 25.3. The molecule has 7 heteroatoms. The normalized spacial score (nSPS) is 10.9. The first kappa shape index (κ1) is 19.4. The van der Waals surface area contributed by atoms with E-state index in [0.29, 0.717) is 22.8 Å². The van der Waals surface area contributed by atoms with Crippen LogP contribution in [0.4, 0.5) is 10.1 Å². The summed E-state index contributed by atoms with van der Waals surface area (Å²) in [5, 5.41) is 2.59. The first-order chi connectivity index (χ1) is 14.4. The van der Waals surface area contributed by atoms with Gasteiger partial charge in [0.25, 0.3) is 5.91 Å². The number of rotatable bonds is 5. The molecule has 0 fully saturated rings. The molecule has 0 aliphatic heterocycles. The maximum absolute atomic E-state index is 15.1. The van der Waals surface area contributed by atoms with Crippen LogP contribution in [0.15, 0.2) is 59.3 Å². The Morgan fingerprint density at radius 3 is 2.63 bits per heavy atom. The average Bonchev–Trinajstić information content (AvgIpc) is 3.32. The van der Waals surface area contributed by atoms with E-state index in [0.717, 1.165) is 0 Å². The topological polar surface area (TPSA) is 73.0 Å². The number of ketones is 1. The van der Waals surface area contributed by atoms with Crippen molar-refractivity contribution in [2.24, 2.45) is 0 Å². The van der Waals surface area contributed by atoms with Crippen molar-refractivity contribution < 1.29 is 23.1 Å². The Kier molecular flexibility index (Phi) is 4.87. The number of Topliss-reactive ketones (excluding diaryl/α,β-unsaturated/α-hetero) is 1. The number of nitrogens with zero attached hydrogens (tertiary/aromatic N) is 1. The second-order valence-electron chi connectivity index (χ2n) is 6.86. The van der Waals surface area contributed by atoms with Crippen LogP contribution in [0.5, 0.6) is 5.75 Å². The highest BCUT2D eigenvalue weighted by molar-refractivity contribution is 6.16. The van der Waals surface area contributed by atoms with Gasteiger partial charge in [0.1, 0.15) is 17.3 Å². The molecule has 0 spiro atoms. The molecule has 0 unspecified atom stereocenters. The molecule has 0 saturated carbocycles. The molecule has 1 aromatic carbocycles. The number of hydrogen-bond donors (Lipinski definition) is 1. The predicted molar refractivity (Wildman–Crippen MR) is 111 cm³/mol. The van der Waals surface area contributed by atoms with Gasteiger partial charge in [-0.05, 0) is 44.2 Å². The quantitative estimate of drug-likeness (QED) is 0.468. The third kappa shape index (κ3) is 3.34. The number of halogens is 1. The van der Waals surface area contributed by atoms with Gasteiger partial charge in [-0.25, -0.2) is 4.39 Å². The molecule has 1 amide bonds. The van der Waals surface area contributed by atoms with E-state index in [1.54, 1.807) is 60.1 Å². The number of carbonyl (C=O) groups excluding carboxylic acids is 2. The third-order valence-electron chi connectivity index (χ3n) is 4.85. The van der Waals surface area contributed by atoms with Gasteiger partial charge in [-0.2, -0.15) is 0 Å². The molecule has 0 radical (unpaired) electrons. The Bertz CT molecular complexity index is 1290. The van der Waals surface area contributed by atoms with Gasteiger partial charge in [0.2, 0.25) is 0 Å². The maximum atomic E-state index is 15.1. The summed E-state index contributed by atoms with van der Waals surface area (Å²) in [6, 6.07) is 11.4. The molecule has 152 valence electrons. The fraction of sp³-hybridized carbons (Fsp3) is 0.130. The highest BCUT2D eigenvalue weighted by Gasteiger charge is 2.23. The van der Waals surface area contributed by atoms with Crippen molar-refractivity contribution in [3.05, 3.63) is 77.6 Å². The minimum absolute atomic E-state index is 0.0108. The molecule has 0 aliphatic carbocycles. The molecule has 6 nitrogen and oxygen atoms in total. The van der Waals surface area contributed by atoms with Crippen LogP contribution in [0.1, 0.15) is 33.4 Å². The molecule has 0 bridgehead atoms. The zero-order valence-electron chi connectivity index (χ0n) is 16.7. The number of aryl methyl sites for hydroxylation is 1. The number of methoxy groups -OCH3 is 1. The maximum Gasteiger partial charge on any atom is 0.258 e. The SMILES string of the molecule is COc1ccn2cc(C(C)=O)c(C(=O)Nc3cccc(-c4ccc(C)o4)c3F)c2c1. The van der Waals surface area contributed by atoms with Gasteiger partial charge < -0.3 is 18.9 Å². The lowest BCUT2D eigenvalue weighted by Gasteiger charge is -2.10. The molecule has 0 atom stereocenters. The number of carbonyl (C=O) groups is 2. The summed E-state index contributed by atoms with van der Waals surface area (Å²) in [6.07, 6.45) is 3.27. The minimum Gasteiger partial charge on any atom is -0.497 e. The monoisotopic (exact) mass is 406 g/mol. The van der Waals surface area contributed by atoms with E-state index in [1.807, 2.05) is 0 Å². The first-order valence-electron chi connectivity index (χ1n) is 9.25. The third-order valence-corrected chi connectivity index (χ3v) is 4.85. The highest BCUT2D eigenvalue weighted by atomic mass is 19.1. The summed E-state index contributed by atoms with van der Waals surface area (Å²) >= 11 is 0. The summed E-state index contributed by atoms with van der Waals surface area (Å²) < 4.78 is 27.5. The Morgan fingerprint density at radius 1 is 1.17 bits per heavy atom. The zero-order valence-corrected chi connectivity index (χ0v) is 16.7. The Labute approximate surface area is 171 Å². The van der Waals surface area contributed by atoms with E-state index in [9.17, 15) is 9.59 Å². The summed E-state index contributed by atoms with van der Waals surface area (Å²) in [6.45, 7) is 3.14. The lowest BCUT2D eigenvalue weighted by atomic mass is 10.1. The number of nitrogens with one attached hydrogen (secondary N) is 1. The lowest BCUT2D eigenvalue weighted by molar-refractivity contribution is 0.0987. The number of ether oxygens (including phenoxy) is 1. The first-order valence-corrected chi connectivity index (χ1v) is 9.25. The summed E-state index contributed by atoms with van der Waals surface area (Å²) in [5.74, 6) is 0.0614. The second-order valence-corrected chi connectivity index (χ2v) is 6.86. The zero-order chi connectivity index (χ0) is 21.4. The van der Waals surface area contributed by atoms with Gasteiger partial charge >= 0.3 is 0 Å². The van der Waals surface area contributed by atoms with Crippen molar-refractivity contribution in [1.82, 2.24) is 4.40 Å². The molecule has 30 heavy (non-hydrogen) atoms. The number of benzene rings is 1. The largest absolute Gasteiger partial charge is 0.497 e. The van der Waals surface area contributed by atoms with Crippen LogP contribution >= 0.6 is 0 Å². The smallest absolute Gasteiger partial charge is 0.258 e. The van der Waals surface area contributed by atoms with Crippen LogP contribution in [0, 0.1) is 12.7 Å². The standard InChI is InChI=1S/C23H19FN2O4/c1-13-7-8-20(30-13)16-5-4-6-18(22(16)24)25-23(28)21-17(14(2)27)12-26-10-9-15(29-3)11-19(21)26/h4-12H,1-3H3,(H,25,28). The Hall–Kier alpha value is -3.87. The summed E-state index contributed by atoms with van der Waals surface area (Å²) in [5.41, 5.74) is 1.09. The van der Waals surface area contributed by atoms with Crippen LogP contribution in [0.25, 0.3) is 16.8 Å². The van der Waals surface area contributed by atoms with Crippen LogP contribution in [-0.2, 0) is 0 Å². The predicted octanol–water partition coefficient (Wildman–Crippen LogP) is 5.11. The van der Waals surface area contributed by atoms with E-state index < -0.39 is 11.7 Å². The molecule has 3 aromatic heterocycles. The number of hydrogen-bond acceptors (Lipinski definition) is 4. The molecular formula is C23H19FN2O4. The molecule has 4 rings (SSSR count). The van der Waals surface area contributed by atoms with Gasteiger partial charge in [-0.15, -0.1) is 0 Å². The molecular weight excluding hydrogens is 387 g/mol. The number of aromatic nitrogens is 1. The Balaban J connectivity index is 1.77. The van der Waals surface area contributed by atoms with E-state index >= 15 is 4.39 Å². The van der Waals surface area contributed by atoms with Crippen LogP contribution < -0.4 is 10.1 Å². The second kappa shape index (κ2) is 7.51. The van der Waals surface area contributed by atoms with Gasteiger partial charge in [0, 0.05) is 24.0 Å². The van der Waals surface area contributed by atoms with Gasteiger partial charge in [-0.1, -0.05) is 6.07 Å². The van der Waals surface area contributed by atoms with Crippen molar-refractivity contribution in [1.29, 1.82) is 0 Å². The Morgan fingerprint density at radius 2 is 1.97 bits per heavy atom. The van der Waals surface area contributed by atoms with Gasteiger partial charge in [0.15, 0.2) is 11.6 Å². The van der Waals surface area contributed by atoms with Crippen LogP contribution in [0.2, 0.25) is 0 Å². The number of fused-ring (bicyclic) bond motifs is 1. The minimum atomic E-state index is -0.620. The highest BCUT2D eigenvalue weighted by Crippen LogP contribution is 2.30. The number of anilines is 1. The number of pyridine rings is 1. The average molecular weight is 406 g/mol. The molecule has 3 heterocycles. The van der Waals surface area contributed by atoms with Crippen LogP contribution in [0.3, 0.4) is 0 Å². The molecule has 1 N–H and O–H groups in total. The summed E-state index contributed by atoms with van der Waals surface area (Å²) in [7, 11) is 1.51. The van der Waals surface area contributed by atoms with Gasteiger partial charge in [0.05, 0.1) is 29.4 Å². The van der Waals surface area contributed by atoms with E-state index in [1.165, 1.54) is 20.1 Å². The van der Waals surface area contributed by atoms with Crippen molar-refractivity contribution >= 4 is 22.9 Å². The fourth-order valence-electron chi connectivity index (χ4n) is 3.36. The number of furan rings is 1.